The molecule has 0 spiro atoms. The smallest absolute Gasteiger partial charge is 0.253 e. The van der Waals surface area contributed by atoms with Crippen LogP contribution in [0.5, 0.6) is 5.75 Å². The van der Waals surface area contributed by atoms with Gasteiger partial charge >= 0.3 is 0 Å². The molecule has 1 amide bonds. The first-order valence-electron chi connectivity index (χ1n) is 5.41. The van der Waals surface area contributed by atoms with Gasteiger partial charge in [0.25, 0.3) is 5.91 Å². The number of aromatic hydroxyl groups is 1. The lowest BCUT2D eigenvalue weighted by Gasteiger charge is -2.17. The molecule has 0 saturated heterocycles. The van der Waals surface area contributed by atoms with Crippen LogP contribution in [0.4, 0.5) is 0 Å². The number of amides is 1. The molecule has 0 aliphatic rings. The number of phenols is 1. The summed E-state index contributed by atoms with van der Waals surface area (Å²) < 4.78 is 0.744. The largest absolute Gasteiger partial charge is 0.507 e. The van der Waals surface area contributed by atoms with Gasteiger partial charge in [0.05, 0.1) is 3.57 Å². The summed E-state index contributed by atoms with van der Waals surface area (Å²) in [5.41, 5.74) is 0.518. The standard InChI is InChI=1S/C13H16INO2/c1-3-4-5-8-15(2)13(17)10-6-7-11(14)12(16)9-10/h3,6-7,9,16H,1,4-5,8H2,2H3. The van der Waals surface area contributed by atoms with E-state index in [1.54, 1.807) is 24.1 Å². The number of rotatable bonds is 5. The maximum absolute atomic E-state index is 12.0. The van der Waals surface area contributed by atoms with Crippen LogP contribution in [-0.2, 0) is 0 Å². The molecule has 0 bridgehead atoms. The number of allylic oxidation sites excluding steroid dienone is 1. The van der Waals surface area contributed by atoms with Crippen LogP contribution in [-0.4, -0.2) is 29.5 Å². The second kappa shape index (κ2) is 6.64. The molecule has 0 heterocycles. The Morgan fingerprint density at radius 2 is 2.29 bits per heavy atom. The van der Waals surface area contributed by atoms with E-state index in [1.165, 1.54) is 6.07 Å². The van der Waals surface area contributed by atoms with E-state index in [4.69, 9.17) is 0 Å². The molecule has 0 saturated carbocycles. The number of carbonyl (C=O) groups excluding carboxylic acids is 1. The van der Waals surface area contributed by atoms with Gasteiger partial charge in [-0.15, -0.1) is 6.58 Å². The number of hydrogen-bond donors (Lipinski definition) is 1. The van der Waals surface area contributed by atoms with Gasteiger partial charge in [-0.1, -0.05) is 6.08 Å². The third-order valence-electron chi connectivity index (χ3n) is 2.44. The van der Waals surface area contributed by atoms with Gasteiger partial charge in [-0.25, -0.2) is 0 Å². The topological polar surface area (TPSA) is 40.5 Å². The lowest BCUT2D eigenvalue weighted by atomic mass is 10.2. The highest BCUT2D eigenvalue weighted by Crippen LogP contribution is 2.21. The predicted octanol–water partition coefficient (Wildman–Crippen LogP) is 3.04. The fourth-order valence-corrected chi connectivity index (χ4v) is 1.78. The molecule has 0 atom stereocenters. The molecule has 92 valence electrons. The van der Waals surface area contributed by atoms with Crippen molar-refractivity contribution in [2.75, 3.05) is 13.6 Å². The summed E-state index contributed by atoms with van der Waals surface area (Å²) in [7, 11) is 1.76. The summed E-state index contributed by atoms with van der Waals surface area (Å²) >= 11 is 2.02. The van der Waals surface area contributed by atoms with E-state index in [9.17, 15) is 9.90 Å². The van der Waals surface area contributed by atoms with E-state index in [-0.39, 0.29) is 11.7 Å². The Hall–Kier alpha value is -1.04. The molecule has 0 radical (unpaired) electrons. The molecule has 4 heteroatoms. The number of benzene rings is 1. The Morgan fingerprint density at radius 1 is 1.59 bits per heavy atom. The van der Waals surface area contributed by atoms with Crippen LogP contribution in [0.3, 0.4) is 0 Å². The highest BCUT2D eigenvalue weighted by atomic mass is 127. The van der Waals surface area contributed by atoms with Gasteiger partial charge in [0, 0.05) is 19.2 Å². The van der Waals surface area contributed by atoms with Gasteiger partial charge in [-0.05, 0) is 53.6 Å². The molecule has 0 aromatic heterocycles. The van der Waals surface area contributed by atoms with Crippen LogP contribution in [0, 0.1) is 3.57 Å². The van der Waals surface area contributed by atoms with Gasteiger partial charge < -0.3 is 10.0 Å². The zero-order valence-electron chi connectivity index (χ0n) is 9.82. The van der Waals surface area contributed by atoms with Gasteiger partial charge in [0.15, 0.2) is 0 Å². The molecule has 1 N–H and O–H groups in total. The maximum atomic E-state index is 12.0. The lowest BCUT2D eigenvalue weighted by Crippen LogP contribution is -2.27. The monoisotopic (exact) mass is 345 g/mol. The van der Waals surface area contributed by atoms with Crippen LogP contribution in [0.1, 0.15) is 23.2 Å². The minimum atomic E-state index is -0.0687. The summed E-state index contributed by atoms with van der Waals surface area (Å²) in [6.45, 7) is 4.34. The summed E-state index contributed by atoms with van der Waals surface area (Å²) in [4.78, 5) is 13.6. The van der Waals surface area contributed by atoms with Crippen molar-refractivity contribution in [1.29, 1.82) is 0 Å². The van der Waals surface area contributed by atoms with Crippen molar-refractivity contribution >= 4 is 28.5 Å². The van der Waals surface area contributed by atoms with Crippen molar-refractivity contribution in [3.8, 4) is 5.75 Å². The van der Waals surface area contributed by atoms with Crippen LogP contribution < -0.4 is 0 Å². The molecule has 17 heavy (non-hydrogen) atoms. The Morgan fingerprint density at radius 3 is 2.88 bits per heavy atom. The van der Waals surface area contributed by atoms with Crippen molar-refractivity contribution in [3.63, 3.8) is 0 Å². The number of hydrogen-bond acceptors (Lipinski definition) is 2. The first kappa shape index (κ1) is 14.0. The Labute approximate surface area is 115 Å². The maximum Gasteiger partial charge on any atom is 0.253 e. The average molecular weight is 345 g/mol. The summed E-state index contributed by atoms with van der Waals surface area (Å²) in [6.07, 6.45) is 3.65. The zero-order chi connectivity index (χ0) is 12.8. The number of nitrogens with zero attached hydrogens (tertiary/aromatic N) is 1. The molecular formula is C13H16INO2. The number of halogens is 1. The van der Waals surface area contributed by atoms with Crippen LogP contribution in [0.15, 0.2) is 30.9 Å². The average Bonchev–Trinajstić information content (AvgIpc) is 2.32. The lowest BCUT2D eigenvalue weighted by molar-refractivity contribution is 0.0793. The fourth-order valence-electron chi connectivity index (χ4n) is 1.44. The summed E-state index contributed by atoms with van der Waals surface area (Å²) in [5, 5.41) is 9.55. The highest BCUT2D eigenvalue weighted by Gasteiger charge is 2.12. The van der Waals surface area contributed by atoms with Gasteiger partial charge in [0.1, 0.15) is 5.75 Å². The molecular weight excluding hydrogens is 329 g/mol. The Bertz CT molecular complexity index is 418. The molecule has 1 rings (SSSR count). The van der Waals surface area contributed by atoms with Gasteiger partial charge in [-0.2, -0.15) is 0 Å². The van der Waals surface area contributed by atoms with Crippen LogP contribution in [0.2, 0.25) is 0 Å². The fraction of sp³-hybridized carbons (Fsp3) is 0.308. The molecule has 0 aliphatic carbocycles. The molecule has 1 aromatic carbocycles. The summed E-state index contributed by atoms with van der Waals surface area (Å²) in [6, 6.07) is 4.97. The van der Waals surface area contributed by atoms with Crippen molar-refractivity contribution in [1.82, 2.24) is 4.90 Å². The van der Waals surface area contributed by atoms with E-state index in [2.05, 4.69) is 6.58 Å². The third kappa shape index (κ3) is 4.03. The minimum absolute atomic E-state index is 0.0687. The summed E-state index contributed by atoms with van der Waals surface area (Å²) in [5.74, 6) is 0.0803. The number of phenolic OH excluding ortho intramolecular Hbond substituents is 1. The van der Waals surface area contributed by atoms with Crippen molar-refractivity contribution in [2.24, 2.45) is 0 Å². The Balaban J connectivity index is 2.68. The van der Waals surface area contributed by atoms with Crippen LogP contribution >= 0.6 is 22.6 Å². The van der Waals surface area contributed by atoms with E-state index in [0.717, 1.165) is 16.4 Å². The third-order valence-corrected chi connectivity index (χ3v) is 3.35. The second-order valence-electron chi connectivity index (χ2n) is 3.82. The first-order valence-corrected chi connectivity index (χ1v) is 6.49. The predicted molar refractivity (Wildman–Crippen MR) is 77.2 cm³/mol. The SMILES string of the molecule is C=CCCCN(C)C(=O)c1ccc(I)c(O)c1. The zero-order valence-corrected chi connectivity index (χ0v) is 12.0. The quantitative estimate of drug-likeness (QED) is 0.506. The van der Waals surface area contributed by atoms with E-state index >= 15 is 0 Å². The van der Waals surface area contributed by atoms with Gasteiger partial charge in [-0.3, -0.25) is 4.79 Å². The second-order valence-corrected chi connectivity index (χ2v) is 4.99. The van der Waals surface area contributed by atoms with Crippen LogP contribution in [0.25, 0.3) is 0 Å². The highest BCUT2D eigenvalue weighted by molar-refractivity contribution is 14.1. The normalized spacial score (nSPS) is 10.0. The van der Waals surface area contributed by atoms with E-state index < -0.39 is 0 Å². The molecule has 1 aromatic rings. The van der Waals surface area contributed by atoms with Crippen molar-refractivity contribution < 1.29 is 9.90 Å². The van der Waals surface area contributed by atoms with Crippen molar-refractivity contribution in [3.05, 3.63) is 40.0 Å². The molecule has 0 unspecified atom stereocenters. The van der Waals surface area contributed by atoms with E-state index in [1.807, 2.05) is 28.7 Å². The molecule has 0 fully saturated rings. The number of unbranched alkanes of at least 4 members (excludes halogenated alkanes) is 1. The van der Waals surface area contributed by atoms with Gasteiger partial charge in [0.2, 0.25) is 0 Å². The minimum Gasteiger partial charge on any atom is -0.507 e. The first-order chi connectivity index (χ1) is 8.06. The Kier molecular flexibility index (Phi) is 5.47. The van der Waals surface area contributed by atoms with Crippen molar-refractivity contribution in [2.45, 2.75) is 12.8 Å². The number of carbonyl (C=O) groups is 1. The molecule has 0 aliphatic heterocycles. The molecule has 3 nitrogen and oxygen atoms in total. The van der Waals surface area contributed by atoms with E-state index in [0.29, 0.717) is 12.1 Å².